The van der Waals surface area contributed by atoms with Crippen LogP contribution in [0.4, 0.5) is 10.1 Å². The number of rotatable bonds is 7. The Kier molecular flexibility index (Phi) is 7.86. The third-order valence-electron chi connectivity index (χ3n) is 4.99. The van der Waals surface area contributed by atoms with Crippen LogP contribution in [0, 0.1) is 31.0 Å². The predicted octanol–water partition coefficient (Wildman–Crippen LogP) is 6.34. The number of halogens is 2. The lowest BCUT2D eigenvalue weighted by Crippen LogP contribution is -2.13. The van der Waals surface area contributed by atoms with E-state index in [1.54, 1.807) is 30.3 Å². The maximum absolute atomic E-state index is 13.1. The molecule has 3 aromatic rings. The summed E-state index contributed by atoms with van der Waals surface area (Å²) in [4.78, 5) is 12.6. The van der Waals surface area contributed by atoms with E-state index >= 15 is 0 Å². The smallest absolute Gasteiger partial charge is 0.266 e. The monoisotopic (exact) mass is 508 g/mol. The third kappa shape index (κ3) is 6.21. The summed E-state index contributed by atoms with van der Waals surface area (Å²) in [7, 11) is 1.50. The highest BCUT2D eigenvalue weighted by atomic mass is 79.9. The van der Waals surface area contributed by atoms with Gasteiger partial charge in [0.05, 0.1) is 11.6 Å². The van der Waals surface area contributed by atoms with Crippen molar-refractivity contribution in [1.29, 1.82) is 5.26 Å². The molecule has 0 bridgehead atoms. The van der Waals surface area contributed by atoms with E-state index in [1.807, 2.05) is 32.0 Å². The van der Waals surface area contributed by atoms with Crippen LogP contribution < -0.4 is 14.8 Å². The van der Waals surface area contributed by atoms with Gasteiger partial charge in [0.15, 0.2) is 11.5 Å². The quantitative estimate of drug-likeness (QED) is 0.298. The standard InChI is InChI=1S/C26H22BrFN2O3/c1-16-4-9-22(10-17(16)2)30-26(31)20(14-29)11-19-12-23(27)25(24(13-19)32-3)33-15-18-5-7-21(28)8-6-18/h4-13H,15H2,1-3H3,(H,30,31)/b20-11+. The molecule has 0 saturated carbocycles. The van der Waals surface area contributed by atoms with Crippen LogP contribution in [0.15, 0.2) is 64.6 Å². The molecule has 3 aromatic carbocycles. The Balaban J connectivity index is 1.81. The zero-order chi connectivity index (χ0) is 24.0. The molecule has 168 valence electrons. The van der Waals surface area contributed by atoms with Gasteiger partial charge in [0, 0.05) is 5.69 Å². The van der Waals surface area contributed by atoms with Crippen molar-refractivity contribution in [3.8, 4) is 17.6 Å². The number of methoxy groups -OCH3 is 1. The Morgan fingerprint density at radius 3 is 2.48 bits per heavy atom. The maximum Gasteiger partial charge on any atom is 0.266 e. The molecule has 7 heteroatoms. The molecule has 0 spiro atoms. The van der Waals surface area contributed by atoms with Gasteiger partial charge in [0.2, 0.25) is 0 Å². The van der Waals surface area contributed by atoms with Gasteiger partial charge in [0.25, 0.3) is 5.91 Å². The number of nitrogens with zero attached hydrogens (tertiary/aromatic N) is 1. The molecule has 0 fully saturated rings. The van der Waals surface area contributed by atoms with E-state index in [0.717, 1.165) is 16.7 Å². The number of amides is 1. The van der Waals surface area contributed by atoms with Crippen LogP contribution in [0.25, 0.3) is 6.08 Å². The Hall–Kier alpha value is -3.63. The molecule has 0 aliphatic heterocycles. The topological polar surface area (TPSA) is 71.3 Å². The fourth-order valence-electron chi connectivity index (χ4n) is 3.03. The first-order chi connectivity index (χ1) is 15.8. The number of anilines is 1. The summed E-state index contributed by atoms with van der Waals surface area (Å²) in [6.45, 7) is 4.15. The number of aryl methyl sites for hydroxylation is 2. The molecule has 1 N–H and O–H groups in total. The van der Waals surface area contributed by atoms with Gasteiger partial charge < -0.3 is 14.8 Å². The van der Waals surface area contributed by atoms with Crippen molar-refractivity contribution in [2.24, 2.45) is 0 Å². The first kappa shape index (κ1) is 24.0. The van der Waals surface area contributed by atoms with Crippen molar-refractivity contribution in [2.45, 2.75) is 20.5 Å². The summed E-state index contributed by atoms with van der Waals surface area (Å²) >= 11 is 3.46. The summed E-state index contributed by atoms with van der Waals surface area (Å²) in [5.41, 5.74) is 4.10. The van der Waals surface area contributed by atoms with Gasteiger partial charge in [-0.2, -0.15) is 5.26 Å². The molecule has 0 aromatic heterocycles. The normalized spacial score (nSPS) is 11.0. The van der Waals surface area contributed by atoms with Crippen molar-refractivity contribution in [1.82, 2.24) is 0 Å². The van der Waals surface area contributed by atoms with Crippen LogP contribution in [-0.4, -0.2) is 13.0 Å². The molecule has 5 nitrogen and oxygen atoms in total. The Bertz CT molecular complexity index is 1250. The van der Waals surface area contributed by atoms with Gasteiger partial charge in [-0.1, -0.05) is 18.2 Å². The number of hydrogen-bond acceptors (Lipinski definition) is 4. The largest absolute Gasteiger partial charge is 0.493 e. The van der Waals surface area contributed by atoms with Gasteiger partial charge in [-0.15, -0.1) is 0 Å². The zero-order valence-electron chi connectivity index (χ0n) is 18.4. The second-order valence-electron chi connectivity index (χ2n) is 7.37. The predicted molar refractivity (Wildman–Crippen MR) is 130 cm³/mol. The summed E-state index contributed by atoms with van der Waals surface area (Å²) < 4.78 is 25.0. The number of nitriles is 1. The number of ether oxygens (including phenoxy) is 2. The van der Waals surface area contributed by atoms with Crippen molar-refractivity contribution < 1.29 is 18.7 Å². The fourth-order valence-corrected chi connectivity index (χ4v) is 3.61. The van der Waals surface area contributed by atoms with Gasteiger partial charge in [0.1, 0.15) is 24.1 Å². The van der Waals surface area contributed by atoms with Gasteiger partial charge >= 0.3 is 0 Å². The van der Waals surface area contributed by atoms with E-state index < -0.39 is 5.91 Å². The second kappa shape index (κ2) is 10.8. The fraction of sp³-hybridized carbons (Fsp3) is 0.154. The number of benzene rings is 3. The van der Waals surface area contributed by atoms with E-state index in [4.69, 9.17) is 9.47 Å². The van der Waals surface area contributed by atoms with Crippen LogP contribution in [0.2, 0.25) is 0 Å². The van der Waals surface area contributed by atoms with Crippen LogP contribution in [0.5, 0.6) is 11.5 Å². The van der Waals surface area contributed by atoms with Crippen molar-refractivity contribution in [3.05, 3.63) is 92.7 Å². The molecule has 0 aliphatic carbocycles. The third-order valence-corrected chi connectivity index (χ3v) is 5.58. The van der Waals surface area contributed by atoms with Crippen molar-refractivity contribution in [2.75, 3.05) is 12.4 Å². The van der Waals surface area contributed by atoms with Gasteiger partial charge in [-0.25, -0.2) is 4.39 Å². The lowest BCUT2D eigenvalue weighted by atomic mass is 10.1. The van der Waals surface area contributed by atoms with E-state index in [2.05, 4.69) is 21.2 Å². The number of hydrogen-bond donors (Lipinski definition) is 1. The minimum atomic E-state index is -0.507. The number of carbonyl (C=O) groups is 1. The van der Waals surface area contributed by atoms with Crippen LogP contribution in [0.1, 0.15) is 22.3 Å². The van der Waals surface area contributed by atoms with E-state index in [9.17, 15) is 14.4 Å². The average Bonchev–Trinajstić information content (AvgIpc) is 2.79. The van der Waals surface area contributed by atoms with Crippen molar-refractivity contribution >= 4 is 33.6 Å². The first-order valence-corrected chi connectivity index (χ1v) is 10.8. The molecule has 33 heavy (non-hydrogen) atoms. The molecular weight excluding hydrogens is 487 g/mol. The number of nitrogens with one attached hydrogen (secondary N) is 1. The minimum Gasteiger partial charge on any atom is -0.493 e. The van der Waals surface area contributed by atoms with Crippen LogP contribution in [0.3, 0.4) is 0 Å². The summed E-state index contributed by atoms with van der Waals surface area (Å²) in [5.74, 6) is 0.0534. The Labute approximate surface area is 200 Å². The van der Waals surface area contributed by atoms with Gasteiger partial charge in [-0.3, -0.25) is 4.79 Å². The number of carbonyl (C=O) groups excluding carboxylic acids is 1. The van der Waals surface area contributed by atoms with E-state index in [1.165, 1.54) is 25.3 Å². The maximum atomic E-state index is 13.1. The van der Waals surface area contributed by atoms with Crippen LogP contribution >= 0.6 is 15.9 Å². The highest BCUT2D eigenvalue weighted by Crippen LogP contribution is 2.37. The molecule has 0 saturated heterocycles. The molecule has 0 aliphatic rings. The molecule has 0 heterocycles. The van der Waals surface area contributed by atoms with Crippen molar-refractivity contribution in [3.63, 3.8) is 0 Å². The molecule has 1 amide bonds. The van der Waals surface area contributed by atoms with E-state index in [-0.39, 0.29) is 18.0 Å². The summed E-state index contributed by atoms with van der Waals surface area (Å²) in [6, 6.07) is 16.9. The molecular formula is C26H22BrFN2O3. The lowest BCUT2D eigenvalue weighted by molar-refractivity contribution is -0.112. The zero-order valence-corrected chi connectivity index (χ0v) is 20.0. The Morgan fingerprint density at radius 1 is 1.12 bits per heavy atom. The minimum absolute atomic E-state index is 0.0536. The molecule has 0 unspecified atom stereocenters. The lowest BCUT2D eigenvalue weighted by Gasteiger charge is -2.14. The average molecular weight is 509 g/mol. The summed E-state index contributed by atoms with van der Waals surface area (Å²) in [5, 5.41) is 12.3. The molecule has 0 atom stereocenters. The second-order valence-corrected chi connectivity index (χ2v) is 8.23. The SMILES string of the molecule is COc1cc(/C=C(\C#N)C(=O)Nc2ccc(C)c(C)c2)cc(Br)c1OCc1ccc(F)cc1. The van der Waals surface area contributed by atoms with Crippen LogP contribution in [-0.2, 0) is 11.4 Å². The van der Waals surface area contributed by atoms with Gasteiger partial charge in [-0.05, 0) is 94.5 Å². The molecule has 3 rings (SSSR count). The molecule has 0 radical (unpaired) electrons. The Morgan fingerprint density at radius 2 is 1.85 bits per heavy atom. The highest BCUT2D eigenvalue weighted by molar-refractivity contribution is 9.10. The summed E-state index contributed by atoms with van der Waals surface area (Å²) in [6.07, 6.45) is 1.48. The highest BCUT2D eigenvalue weighted by Gasteiger charge is 2.14. The first-order valence-electron chi connectivity index (χ1n) is 10.1. The van der Waals surface area contributed by atoms with E-state index in [0.29, 0.717) is 27.2 Å².